The van der Waals surface area contributed by atoms with Crippen molar-refractivity contribution in [1.82, 2.24) is 10.6 Å². The summed E-state index contributed by atoms with van der Waals surface area (Å²) in [6.45, 7) is -0.0275. The third-order valence-electron chi connectivity index (χ3n) is 3.08. The number of anilines is 1. The molecule has 1 aliphatic rings. The molecule has 0 unspecified atom stereocenters. The zero-order valence-corrected chi connectivity index (χ0v) is 11.6. The number of hydrogen-bond acceptors (Lipinski definition) is 3. The number of carbonyl (C=O) groups excluding carboxylic acids is 2. The van der Waals surface area contributed by atoms with Crippen molar-refractivity contribution in [1.29, 1.82) is 0 Å². The first-order chi connectivity index (χ1) is 9.72. The summed E-state index contributed by atoms with van der Waals surface area (Å²) in [5, 5.41) is 11.2. The van der Waals surface area contributed by atoms with Crippen molar-refractivity contribution >= 4 is 39.0 Å². The maximum absolute atomic E-state index is 11.8. The van der Waals surface area contributed by atoms with Crippen LogP contribution in [0, 0.1) is 0 Å². The second-order valence-electron chi connectivity index (χ2n) is 4.79. The van der Waals surface area contributed by atoms with Crippen molar-refractivity contribution in [3.8, 4) is 0 Å². The molecule has 1 saturated carbocycles. The maximum atomic E-state index is 11.8. The molecule has 0 bridgehead atoms. The van der Waals surface area contributed by atoms with Crippen LogP contribution in [0.3, 0.4) is 0 Å². The number of hydrogen-bond donors (Lipinski definition) is 3. The maximum Gasteiger partial charge on any atom is 0.315 e. The van der Waals surface area contributed by atoms with E-state index >= 15 is 0 Å². The van der Waals surface area contributed by atoms with Crippen LogP contribution in [-0.2, 0) is 4.79 Å². The van der Waals surface area contributed by atoms with Crippen molar-refractivity contribution in [2.24, 2.45) is 0 Å². The quantitative estimate of drug-likeness (QED) is 0.808. The fraction of sp³-hybridized carbons (Fsp3) is 0.286. The summed E-state index contributed by atoms with van der Waals surface area (Å²) in [4.78, 5) is 23.3. The van der Waals surface area contributed by atoms with Crippen LogP contribution in [0.2, 0.25) is 0 Å². The van der Waals surface area contributed by atoms with Gasteiger partial charge >= 0.3 is 6.03 Å². The fourth-order valence-corrected chi connectivity index (χ4v) is 2.78. The van der Waals surface area contributed by atoms with E-state index in [4.69, 9.17) is 0 Å². The van der Waals surface area contributed by atoms with Crippen molar-refractivity contribution in [2.75, 3.05) is 11.9 Å². The van der Waals surface area contributed by atoms with Crippen LogP contribution in [-0.4, -0.2) is 24.5 Å². The number of carbonyl (C=O) groups is 2. The van der Waals surface area contributed by atoms with Gasteiger partial charge < -0.3 is 16.0 Å². The van der Waals surface area contributed by atoms with Gasteiger partial charge in [0, 0.05) is 6.04 Å². The van der Waals surface area contributed by atoms with Crippen LogP contribution >= 0.6 is 11.3 Å². The zero-order chi connectivity index (χ0) is 13.9. The first-order valence-corrected chi connectivity index (χ1v) is 7.41. The van der Waals surface area contributed by atoms with E-state index in [-0.39, 0.29) is 24.5 Å². The smallest absolute Gasteiger partial charge is 0.315 e. The normalized spacial score (nSPS) is 14.0. The van der Waals surface area contributed by atoms with Gasteiger partial charge in [-0.05, 0) is 35.7 Å². The summed E-state index contributed by atoms with van der Waals surface area (Å²) in [5.74, 6) is -0.225. The van der Waals surface area contributed by atoms with Gasteiger partial charge in [0.25, 0.3) is 0 Å². The van der Waals surface area contributed by atoms with E-state index in [1.807, 2.05) is 29.6 Å². The summed E-state index contributed by atoms with van der Waals surface area (Å²) < 4.78 is 1.04. The van der Waals surface area contributed by atoms with Crippen LogP contribution in [0.1, 0.15) is 12.8 Å². The lowest BCUT2D eigenvalue weighted by molar-refractivity contribution is -0.115. The molecular formula is C14H15N3O2S. The van der Waals surface area contributed by atoms with Gasteiger partial charge in [0.05, 0.1) is 16.9 Å². The highest BCUT2D eigenvalue weighted by molar-refractivity contribution is 7.17. The van der Waals surface area contributed by atoms with Crippen LogP contribution < -0.4 is 16.0 Å². The largest absolute Gasteiger partial charge is 0.335 e. The highest BCUT2D eigenvalue weighted by Crippen LogP contribution is 2.28. The number of amides is 3. The Hall–Kier alpha value is -2.08. The standard InChI is InChI=1S/C14H15N3O2S/c18-12(8-15-14(19)16-10-4-5-10)17-11-3-1-2-9-6-7-20-13(9)11/h1-3,6-7,10H,4-5,8H2,(H,17,18)(H2,15,16,19). The van der Waals surface area contributed by atoms with E-state index in [0.717, 1.165) is 28.6 Å². The Morgan fingerprint density at radius 2 is 2.10 bits per heavy atom. The predicted molar refractivity (Wildman–Crippen MR) is 80.0 cm³/mol. The lowest BCUT2D eigenvalue weighted by Gasteiger charge is -2.08. The van der Waals surface area contributed by atoms with Gasteiger partial charge in [0.1, 0.15) is 0 Å². The Morgan fingerprint density at radius 3 is 2.90 bits per heavy atom. The minimum absolute atomic E-state index is 0.0275. The number of thiophene rings is 1. The van der Waals surface area contributed by atoms with E-state index in [0.29, 0.717) is 0 Å². The molecule has 3 N–H and O–H groups in total. The molecule has 3 amide bonds. The van der Waals surface area contributed by atoms with Gasteiger partial charge in [-0.1, -0.05) is 12.1 Å². The molecule has 20 heavy (non-hydrogen) atoms. The van der Waals surface area contributed by atoms with Crippen molar-refractivity contribution in [3.05, 3.63) is 29.6 Å². The molecule has 0 radical (unpaired) electrons. The second-order valence-corrected chi connectivity index (χ2v) is 5.71. The van der Waals surface area contributed by atoms with Gasteiger partial charge in [-0.25, -0.2) is 4.79 Å². The fourth-order valence-electron chi connectivity index (χ4n) is 1.91. The average Bonchev–Trinajstić information content (AvgIpc) is 3.10. The van der Waals surface area contributed by atoms with Crippen LogP contribution in [0.5, 0.6) is 0 Å². The van der Waals surface area contributed by atoms with E-state index in [9.17, 15) is 9.59 Å². The molecule has 0 aliphatic heterocycles. The van der Waals surface area contributed by atoms with Gasteiger partial charge in [-0.15, -0.1) is 11.3 Å². The average molecular weight is 289 g/mol. The number of rotatable bonds is 4. The summed E-state index contributed by atoms with van der Waals surface area (Å²) in [5.41, 5.74) is 0.784. The molecule has 104 valence electrons. The van der Waals surface area contributed by atoms with Gasteiger partial charge in [-0.3, -0.25) is 4.79 Å². The van der Waals surface area contributed by atoms with E-state index in [2.05, 4.69) is 16.0 Å². The number of benzene rings is 1. The molecule has 1 heterocycles. The lowest BCUT2D eigenvalue weighted by atomic mass is 10.2. The van der Waals surface area contributed by atoms with E-state index in [1.165, 1.54) is 0 Å². The minimum atomic E-state index is -0.281. The van der Waals surface area contributed by atoms with Gasteiger partial charge in [-0.2, -0.15) is 0 Å². The van der Waals surface area contributed by atoms with E-state index in [1.54, 1.807) is 11.3 Å². The van der Waals surface area contributed by atoms with Crippen LogP contribution in [0.25, 0.3) is 10.1 Å². The van der Waals surface area contributed by atoms with Crippen molar-refractivity contribution in [2.45, 2.75) is 18.9 Å². The molecule has 1 aromatic carbocycles. The Labute approximate surface area is 120 Å². The molecule has 1 aliphatic carbocycles. The molecule has 0 spiro atoms. The first kappa shape index (κ1) is 12.9. The number of nitrogens with one attached hydrogen (secondary N) is 3. The highest BCUT2D eigenvalue weighted by Gasteiger charge is 2.23. The van der Waals surface area contributed by atoms with Crippen molar-refractivity contribution in [3.63, 3.8) is 0 Å². The summed E-state index contributed by atoms with van der Waals surface area (Å²) >= 11 is 1.58. The third-order valence-corrected chi connectivity index (χ3v) is 4.04. The summed E-state index contributed by atoms with van der Waals surface area (Å²) in [7, 11) is 0. The topological polar surface area (TPSA) is 70.2 Å². The van der Waals surface area contributed by atoms with Crippen LogP contribution in [0.4, 0.5) is 10.5 Å². The molecular weight excluding hydrogens is 274 g/mol. The van der Waals surface area contributed by atoms with E-state index < -0.39 is 0 Å². The molecule has 3 rings (SSSR count). The van der Waals surface area contributed by atoms with Gasteiger partial charge in [0.2, 0.25) is 5.91 Å². The zero-order valence-electron chi connectivity index (χ0n) is 10.8. The lowest BCUT2D eigenvalue weighted by Crippen LogP contribution is -2.40. The Kier molecular flexibility index (Phi) is 3.56. The summed E-state index contributed by atoms with van der Waals surface area (Å²) in [6, 6.07) is 7.79. The minimum Gasteiger partial charge on any atom is -0.335 e. The van der Waals surface area contributed by atoms with Crippen molar-refractivity contribution < 1.29 is 9.59 Å². The van der Waals surface area contributed by atoms with Crippen LogP contribution in [0.15, 0.2) is 29.6 Å². The monoisotopic (exact) mass is 289 g/mol. The number of urea groups is 1. The predicted octanol–water partition coefficient (Wildman–Crippen LogP) is 2.30. The number of fused-ring (bicyclic) bond motifs is 1. The Morgan fingerprint density at radius 1 is 1.25 bits per heavy atom. The highest BCUT2D eigenvalue weighted by atomic mass is 32.1. The van der Waals surface area contributed by atoms with Gasteiger partial charge in [0.15, 0.2) is 0 Å². The summed E-state index contributed by atoms with van der Waals surface area (Å²) in [6.07, 6.45) is 2.06. The third kappa shape index (κ3) is 3.08. The first-order valence-electron chi connectivity index (χ1n) is 6.53. The molecule has 1 fully saturated rings. The Bertz CT molecular complexity index is 649. The molecule has 0 saturated heterocycles. The molecule has 5 nitrogen and oxygen atoms in total. The SMILES string of the molecule is O=C(CNC(=O)NC1CC1)Nc1cccc2ccsc12. The molecule has 6 heteroatoms. The second kappa shape index (κ2) is 5.50. The molecule has 2 aromatic rings. The molecule has 1 aromatic heterocycles. The Balaban J connectivity index is 1.55. The molecule has 0 atom stereocenters.